The van der Waals surface area contributed by atoms with E-state index in [1.54, 1.807) is 6.92 Å². The molecular formula is C16H23BrN2O2. The van der Waals surface area contributed by atoms with Crippen molar-refractivity contribution in [3.63, 3.8) is 0 Å². The summed E-state index contributed by atoms with van der Waals surface area (Å²) in [6.07, 6.45) is 3.60. The molecular weight excluding hydrogens is 332 g/mol. The smallest absolute Gasteiger partial charge is 0.261 e. The number of ether oxygens (including phenoxy) is 1. The number of aryl methyl sites for hydroxylation is 1. The van der Waals surface area contributed by atoms with Crippen LogP contribution in [0.2, 0.25) is 0 Å². The van der Waals surface area contributed by atoms with Gasteiger partial charge in [0, 0.05) is 6.54 Å². The molecule has 1 saturated carbocycles. The highest BCUT2D eigenvalue weighted by atomic mass is 79.9. The zero-order chi connectivity index (χ0) is 15.5. The van der Waals surface area contributed by atoms with Crippen LogP contribution >= 0.6 is 15.9 Å². The highest BCUT2D eigenvalue weighted by Crippen LogP contribution is 2.29. The zero-order valence-corrected chi connectivity index (χ0v) is 14.2. The molecule has 1 aliphatic rings. The van der Waals surface area contributed by atoms with Crippen LogP contribution in [-0.2, 0) is 4.79 Å². The van der Waals surface area contributed by atoms with E-state index < -0.39 is 6.10 Å². The Morgan fingerprint density at radius 3 is 2.71 bits per heavy atom. The molecule has 1 unspecified atom stereocenters. The van der Waals surface area contributed by atoms with Crippen LogP contribution in [0.5, 0.6) is 5.75 Å². The third kappa shape index (κ3) is 3.98. The second-order valence-electron chi connectivity index (χ2n) is 5.87. The summed E-state index contributed by atoms with van der Waals surface area (Å²) in [5.41, 5.74) is 6.75. The largest absolute Gasteiger partial charge is 0.480 e. The van der Waals surface area contributed by atoms with E-state index in [0.29, 0.717) is 12.3 Å². The molecule has 0 radical (unpaired) electrons. The van der Waals surface area contributed by atoms with Crippen LogP contribution in [0.25, 0.3) is 0 Å². The summed E-state index contributed by atoms with van der Waals surface area (Å²) in [7, 11) is 0. The standard InChI is InChI=1S/C16H23BrN2O2/c1-11-5-6-14(13(17)9-11)21-12(2)15(20)19-16(10-18)7-3-4-8-16/h5-6,9,12H,3-4,7-8,10,18H2,1-2H3,(H,19,20). The summed E-state index contributed by atoms with van der Waals surface area (Å²) in [6, 6.07) is 5.80. The minimum atomic E-state index is -0.548. The van der Waals surface area contributed by atoms with Crippen molar-refractivity contribution < 1.29 is 9.53 Å². The Bertz CT molecular complexity index is 513. The van der Waals surface area contributed by atoms with Gasteiger partial charge in [0.25, 0.3) is 5.91 Å². The molecule has 0 aliphatic heterocycles. The second kappa shape index (κ2) is 6.79. The zero-order valence-electron chi connectivity index (χ0n) is 12.6. The van der Waals surface area contributed by atoms with E-state index in [0.717, 1.165) is 35.7 Å². The lowest BCUT2D eigenvalue weighted by atomic mass is 9.97. The van der Waals surface area contributed by atoms with Gasteiger partial charge in [-0.05, 0) is 60.3 Å². The highest BCUT2D eigenvalue weighted by Gasteiger charge is 2.35. The molecule has 1 aromatic rings. The van der Waals surface area contributed by atoms with E-state index in [1.807, 2.05) is 25.1 Å². The minimum Gasteiger partial charge on any atom is -0.480 e. The SMILES string of the molecule is Cc1ccc(OC(C)C(=O)NC2(CN)CCCC2)c(Br)c1. The van der Waals surface area contributed by atoms with Gasteiger partial charge in [-0.25, -0.2) is 0 Å². The first kappa shape index (κ1) is 16.3. The molecule has 3 N–H and O–H groups in total. The van der Waals surface area contributed by atoms with Crippen LogP contribution in [0.15, 0.2) is 22.7 Å². The van der Waals surface area contributed by atoms with E-state index >= 15 is 0 Å². The third-order valence-electron chi connectivity index (χ3n) is 4.10. The molecule has 0 saturated heterocycles. The van der Waals surface area contributed by atoms with E-state index in [2.05, 4.69) is 21.2 Å². The van der Waals surface area contributed by atoms with E-state index in [4.69, 9.17) is 10.5 Å². The number of halogens is 1. The van der Waals surface area contributed by atoms with Gasteiger partial charge in [-0.1, -0.05) is 18.9 Å². The van der Waals surface area contributed by atoms with Crippen molar-refractivity contribution in [1.29, 1.82) is 0 Å². The molecule has 116 valence electrons. The molecule has 4 nitrogen and oxygen atoms in total. The van der Waals surface area contributed by atoms with Gasteiger partial charge < -0.3 is 15.8 Å². The molecule has 0 heterocycles. The molecule has 1 aromatic carbocycles. The molecule has 1 atom stereocenters. The van der Waals surface area contributed by atoms with Gasteiger partial charge in [-0.2, -0.15) is 0 Å². The predicted octanol–water partition coefficient (Wildman–Crippen LogP) is 2.91. The van der Waals surface area contributed by atoms with Crippen LogP contribution in [0.1, 0.15) is 38.2 Å². The van der Waals surface area contributed by atoms with Gasteiger partial charge >= 0.3 is 0 Å². The average molecular weight is 355 g/mol. The Balaban J connectivity index is 1.99. The topological polar surface area (TPSA) is 64.3 Å². The number of rotatable bonds is 5. The van der Waals surface area contributed by atoms with Crippen molar-refractivity contribution in [1.82, 2.24) is 5.32 Å². The van der Waals surface area contributed by atoms with Crippen molar-refractivity contribution in [2.24, 2.45) is 5.73 Å². The summed E-state index contributed by atoms with van der Waals surface area (Å²) >= 11 is 3.46. The number of benzene rings is 1. The van der Waals surface area contributed by atoms with Crippen molar-refractivity contribution in [3.05, 3.63) is 28.2 Å². The normalized spacial score (nSPS) is 18.3. The molecule has 1 aliphatic carbocycles. The van der Waals surface area contributed by atoms with Gasteiger partial charge in [0.1, 0.15) is 5.75 Å². The van der Waals surface area contributed by atoms with Crippen LogP contribution in [0, 0.1) is 6.92 Å². The van der Waals surface area contributed by atoms with E-state index in [-0.39, 0.29) is 11.4 Å². The fourth-order valence-electron chi connectivity index (χ4n) is 2.74. The lowest BCUT2D eigenvalue weighted by Crippen LogP contribution is -2.54. The maximum Gasteiger partial charge on any atom is 0.261 e. The Morgan fingerprint density at radius 2 is 2.14 bits per heavy atom. The molecule has 0 spiro atoms. The van der Waals surface area contributed by atoms with E-state index in [9.17, 15) is 4.79 Å². The maximum absolute atomic E-state index is 12.3. The summed E-state index contributed by atoms with van der Waals surface area (Å²) in [5.74, 6) is 0.575. The van der Waals surface area contributed by atoms with E-state index in [1.165, 1.54) is 0 Å². The fourth-order valence-corrected chi connectivity index (χ4v) is 3.33. The lowest BCUT2D eigenvalue weighted by molar-refractivity contribution is -0.129. The Labute approximate surface area is 134 Å². The van der Waals surface area contributed by atoms with Gasteiger partial charge in [-0.15, -0.1) is 0 Å². The Kier molecular flexibility index (Phi) is 5.27. The predicted molar refractivity (Wildman–Crippen MR) is 87.4 cm³/mol. The first-order chi connectivity index (χ1) is 9.96. The summed E-state index contributed by atoms with van der Waals surface area (Å²) < 4.78 is 6.62. The summed E-state index contributed by atoms with van der Waals surface area (Å²) in [5, 5.41) is 3.09. The van der Waals surface area contributed by atoms with Crippen LogP contribution < -0.4 is 15.8 Å². The maximum atomic E-state index is 12.3. The number of hydrogen-bond acceptors (Lipinski definition) is 3. The van der Waals surface area contributed by atoms with Crippen LogP contribution in [-0.4, -0.2) is 24.1 Å². The first-order valence-corrected chi connectivity index (χ1v) is 8.20. The van der Waals surface area contributed by atoms with Gasteiger partial charge in [0.15, 0.2) is 6.10 Å². The van der Waals surface area contributed by atoms with Gasteiger partial charge in [0.2, 0.25) is 0 Å². The lowest BCUT2D eigenvalue weighted by Gasteiger charge is -2.30. The number of amides is 1. The van der Waals surface area contributed by atoms with Crippen molar-refractivity contribution >= 4 is 21.8 Å². The fraction of sp³-hybridized carbons (Fsp3) is 0.562. The van der Waals surface area contributed by atoms with Gasteiger partial charge in [-0.3, -0.25) is 4.79 Å². The third-order valence-corrected chi connectivity index (χ3v) is 4.72. The molecule has 0 aromatic heterocycles. The van der Waals surface area contributed by atoms with Gasteiger partial charge in [0.05, 0.1) is 10.0 Å². The second-order valence-corrected chi connectivity index (χ2v) is 6.73. The number of nitrogens with two attached hydrogens (primary N) is 1. The molecule has 1 amide bonds. The van der Waals surface area contributed by atoms with Crippen LogP contribution in [0.4, 0.5) is 0 Å². The average Bonchev–Trinajstić information content (AvgIpc) is 2.91. The Morgan fingerprint density at radius 1 is 1.48 bits per heavy atom. The quantitative estimate of drug-likeness (QED) is 0.854. The van der Waals surface area contributed by atoms with Crippen molar-refractivity contribution in [2.45, 2.75) is 51.2 Å². The van der Waals surface area contributed by atoms with Crippen molar-refractivity contribution in [2.75, 3.05) is 6.54 Å². The monoisotopic (exact) mass is 354 g/mol. The molecule has 5 heteroatoms. The summed E-state index contributed by atoms with van der Waals surface area (Å²) in [6.45, 7) is 4.26. The minimum absolute atomic E-state index is 0.102. The summed E-state index contributed by atoms with van der Waals surface area (Å²) in [4.78, 5) is 12.3. The van der Waals surface area contributed by atoms with Crippen LogP contribution in [0.3, 0.4) is 0 Å². The molecule has 1 fully saturated rings. The first-order valence-electron chi connectivity index (χ1n) is 7.41. The number of carbonyl (C=O) groups excluding carboxylic acids is 1. The Hall–Kier alpha value is -1.07. The molecule has 21 heavy (non-hydrogen) atoms. The van der Waals surface area contributed by atoms with Crippen molar-refractivity contribution in [3.8, 4) is 5.75 Å². The molecule has 2 rings (SSSR count). The highest BCUT2D eigenvalue weighted by molar-refractivity contribution is 9.10. The number of carbonyl (C=O) groups is 1. The molecule has 0 bridgehead atoms. The number of hydrogen-bond donors (Lipinski definition) is 2. The number of nitrogens with one attached hydrogen (secondary N) is 1.